The number of hydrogen-bond donors (Lipinski definition) is 5. The van der Waals surface area contributed by atoms with Gasteiger partial charge in [0, 0.05) is 25.8 Å². The summed E-state index contributed by atoms with van der Waals surface area (Å²) in [7, 11) is 5.86. The zero-order chi connectivity index (χ0) is 33.3. The summed E-state index contributed by atoms with van der Waals surface area (Å²) in [6.45, 7) is 0.462. The van der Waals surface area contributed by atoms with E-state index in [-0.39, 0.29) is 37.1 Å². The molecule has 0 saturated carbocycles. The van der Waals surface area contributed by atoms with Gasteiger partial charge in [-0.25, -0.2) is 4.79 Å². The van der Waals surface area contributed by atoms with Crippen molar-refractivity contribution in [3.63, 3.8) is 0 Å². The van der Waals surface area contributed by atoms with Gasteiger partial charge in [0.2, 0.25) is 11.8 Å². The third kappa shape index (κ3) is 33.5. The fourth-order valence-electron chi connectivity index (χ4n) is 4.48. The molecule has 2 unspecified atom stereocenters. The van der Waals surface area contributed by atoms with E-state index in [2.05, 4.69) is 37.6 Å². The third-order valence-corrected chi connectivity index (χ3v) is 8.91. The Hall–Kier alpha value is -1.36. The van der Waals surface area contributed by atoms with Crippen LogP contribution in [0.1, 0.15) is 135 Å². The Morgan fingerprint density at radius 2 is 1.14 bits per heavy atom. The molecule has 258 valence electrons. The third-order valence-electron chi connectivity index (χ3n) is 7.15. The number of carboxylic acids is 2. The van der Waals surface area contributed by atoms with E-state index < -0.39 is 18.0 Å². The highest BCUT2D eigenvalue weighted by Crippen LogP contribution is 2.14. The molecule has 0 saturated heterocycles. The van der Waals surface area contributed by atoms with E-state index in [1.54, 1.807) is 21.6 Å². The van der Waals surface area contributed by atoms with Crippen molar-refractivity contribution in [1.29, 1.82) is 0 Å². The van der Waals surface area contributed by atoms with E-state index in [9.17, 15) is 29.1 Å². The van der Waals surface area contributed by atoms with Crippen LogP contribution in [0, 0.1) is 0 Å². The van der Waals surface area contributed by atoms with Gasteiger partial charge in [0.25, 0.3) is 0 Å². The number of carbonyl (C=O) groups excluding carboxylic acids is 3. The monoisotopic (exact) mass is 681 g/mol. The summed E-state index contributed by atoms with van der Waals surface area (Å²) in [4.78, 5) is 56.9. The fraction of sp³-hybridized carbons (Fsp3) is 0.839. The molecule has 44 heavy (non-hydrogen) atoms. The molecule has 0 aromatic heterocycles. The number of rotatable bonds is 30. The Kier molecular flexibility index (Phi) is 35.1. The highest BCUT2D eigenvalue weighted by atomic mass is 33.1. The van der Waals surface area contributed by atoms with Crippen molar-refractivity contribution in [1.82, 2.24) is 15.7 Å². The van der Waals surface area contributed by atoms with E-state index >= 15 is 0 Å². The normalized spacial score (nSPS) is 12.0. The fourth-order valence-corrected chi connectivity index (χ4v) is 4.72. The minimum absolute atomic E-state index is 0.0238. The topological polar surface area (TPSA) is 162 Å². The molecule has 0 aliphatic heterocycles. The highest BCUT2D eigenvalue weighted by Gasteiger charge is 2.20. The van der Waals surface area contributed by atoms with Crippen LogP contribution in [-0.4, -0.2) is 71.4 Å². The molecule has 0 heterocycles. The van der Waals surface area contributed by atoms with Crippen LogP contribution in [0.3, 0.4) is 0 Å². The van der Waals surface area contributed by atoms with E-state index in [1.807, 2.05) is 0 Å². The van der Waals surface area contributed by atoms with Crippen molar-refractivity contribution >= 4 is 61.0 Å². The van der Waals surface area contributed by atoms with Crippen molar-refractivity contribution in [3.05, 3.63) is 0 Å². The van der Waals surface area contributed by atoms with E-state index in [0.29, 0.717) is 19.4 Å². The molecular weight excluding hydrogens is 621 g/mol. The minimum atomic E-state index is -1.14. The molecular formula is C31H60N3O7PS2. The molecule has 3 atom stereocenters. The summed E-state index contributed by atoms with van der Waals surface area (Å²) in [6, 6.07) is -1.29. The molecule has 2 amide bonds. The summed E-state index contributed by atoms with van der Waals surface area (Å²) in [5.74, 6) is -2.38. The minimum Gasteiger partial charge on any atom is -0.481 e. The zero-order valence-corrected chi connectivity index (χ0v) is 29.9. The first-order chi connectivity index (χ1) is 21.2. The Labute approximate surface area is 276 Å². The predicted octanol–water partition coefficient (Wildman–Crippen LogP) is 6.52. The first kappa shape index (κ1) is 44.8. The molecule has 0 bridgehead atoms. The van der Waals surface area contributed by atoms with Gasteiger partial charge in [-0.1, -0.05) is 108 Å². The molecule has 0 radical (unpaired) electrons. The standard InChI is InChI=1S/C29H54N3O7P.C2H6S2/c33-23-24(32-40)17-15-16-22-30-26(34)21-20-25(29(38)39)31-27(35)18-13-11-9-7-5-3-1-2-4-6-8-10-12-14-19-28(36)37;1-3-4-2/h23-25,32H,1-22,40H2,(H,30,34)(H,31,35)(H,36,37)(H,38,39);1-2H3/t24?,25-;/m0./s1. The second-order valence-corrected chi connectivity index (χ2v) is 13.9. The van der Waals surface area contributed by atoms with Gasteiger partial charge in [0.1, 0.15) is 12.3 Å². The summed E-state index contributed by atoms with van der Waals surface area (Å²) in [6.07, 6.45) is 23.2. The molecule has 0 rings (SSSR count). The Morgan fingerprint density at radius 3 is 1.55 bits per heavy atom. The SMILES string of the molecule is CSSC.O=CC(CCCCNC(=O)CC[C@H](NC(=O)CCCCCCCCCCCCCCCCC(=O)O)C(=O)O)NP. The van der Waals surface area contributed by atoms with E-state index in [1.165, 1.54) is 44.9 Å². The lowest BCUT2D eigenvalue weighted by atomic mass is 10.0. The Bertz CT molecular complexity index is 749. The van der Waals surface area contributed by atoms with Crippen LogP contribution in [0.4, 0.5) is 0 Å². The lowest BCUT2D eigenvalue weighted by molar-refractivity contribution is -0.142. The van der Waals surface area contributed by atoms with Crippen LogP contribution < -0.4 is 15.7 Å². The molecule has 0 fully saturated rings. The van der Waals surface area contributed by atoms with E-state index in [0.717, 1.165) is 64.1 Å². The summed E-state index contributed by atoms with van der Waals surface area (Å²) < 4.78 is 0. The van der Waals surface area contributed by atoms with Crippen molar-refractivity contribution in [3.8, 4) is 0 Å². The average molecular weight is 682 g/mol. The number of carbonyl (C=O) groups is 5. The molecule has 0 aliphatic rings. The van der Waals surface area contributed by atoms with Crippen LogP contribution in [0.15, 0.2) is 0 Å². The van der Waals surface area contributed by atoms with Crippen molar-refractivity contribution < 1.29 is 34.2 Å². The molecule has 0 spiro atoms. The smallest absolute Gasteiger partial charge is 0.326 e. The van der Waals surface area contributed by atoms with Gasteiger partial charge in [-0.05, 0) is 51.0 Å². The molecule has 0 aromatic carbocycles. The second kappa shape index (κ2) is 34.5. The van der Waals surface area contributed by atoms with Gasteiger partial charge in [0.15, 0.2) is 0 Å². The van der Waals surface area contributed by atoms with Gasteiger partial charge < -0.3 is 25.6 Å². The number of hydrogen-bond acceptors (Lipinski definition) is 8. The number of amides is 2. The summed E-state index contributed by atoms with van der Waals surface area (Å²) in [5.41, 5.74) is 0. The maximum Gasteiger partial charge on any atom is 0.326 e. The van der Waals surface area contributed by atoms with Crippen LogP contribution in [-0.2, 0) is 24.0 Å². The maximum atomic E-state index is 12.2. The van der Waals surface area contributed by atoms with Crippen molar-refractivity contribution in [2.24, 2.45) is 0 Å². The second-order valence-electron chi connectivity index (χ2n) is 10.9. The maximum absolute atomic E-state index is 12.2. The number of carboxylic acid groups (broad SMARTS) is 2. The predicted molar refractivity (Wildman–Crippen MR) is 187 cm³/mol. The van der Waals surface area contributed by atoms with Gasteiger partial charge in [0.05, 0.1) is 6.04 Å². The molecule has 0 aliphatic carbocycles. The number of aliphatic carboxylic acids is 2. The first-order valence-electron chi connectivity index (χ1n) is 16.2. The lowest BCUT2D eigenvalue weighted by Gasteiger charge is -2.14. The van der Waals surface area contributed by atoms with Gasteiger partial charge in [-0.15, -0.1) is 0 Å². The van der Waals surface area contributed by atoms with E-state index in [4.69, 9.17) is 5.11 Å². The number of unbranched alkanes of at least 4 members (excludes halogenated alkanes) is 14. The van der Waals surface area contributed by atoms with Gasteiger partial charge >= 0.3 is 11.9 Å². The molecule has 0 aromatic rings. The number of nitrogens with one attached hydrogen (secondary N) is 3. The highest BCUT2D eigenvalue weighted by molar-refractivity contribution is 8.76. The average Bonchev–Trinajstić information content (AvgIpc) is 3.00. The van der Waals surface area contributed by atoms with Crippen molar-refractivity contribution in [2.75, 3.05) is 19.1 Å². The van der Waals surface area contributed by atoms with Crippen LogP contribution in [0.5, 0.6) is 0 Å². The van der Waals surface area contributed by atoms with Gasteiger partial charge in [-0.2, -0.15) is 0 Å². The van der Waals surface area contributed by atoms with Crippen LogP contribution >= 0.6 is 31.0 Å². The Balaban J connectivity index is 0. The molecule has 5 N–H and O–H groups in total. The lowest BCUT2D eigenvalue weighted by Crippen LogP contribution is -2.41. The van der Waals surface area contributed by atoms with Crippen LogP contribution in [0.2, 0.25) is 0 Å². The largest absolute Gasteiger partial charge is 0.481 e. The van der Waals surface area contributed by atoms with Crippen molar-refractivity contribution in [2.45, 2.75) is 147 Å². The quantitative estimate of drug-likeness (QED) is 0.0244. The van der Waals surface area contributed by atoms with Gasteiger partial charge in [-0.3, -0.25) is 19.5 Å². The number of aldehydes is 1. The molecule has 13 heteroatoms. The summed E-state index contributed by atoms with van der Waals surface area (Å²) in [5, 5.41) is 26.1. The summed E-state index contributed by atoms with van der Waals surface area (Å²) >= 11 is 0. The Morgan fingerprint density at radius 1 is 0.659 bits per heavy atom. The first-order valence-corrected chi connectivity index (χ1v) is 19.7. The van der Waals surface area contributed by atoms with Crippen LogP contribution in [0.25, 0.3) is 0 Å². The zero-order valence-electron chi connectivity index (χ0n) is 27.1. The molecule has 10 nitrogen and oxygen atoms in total.